The molecule has 0 amide bonds. The second-order valence-corrected chi connectivity index (χ2v) is 5.69. The Morgan fingerprint density at radius 3 is 2.94 bits per heavy atom. The number of fused-ring (bicyclic) bond motifs is 1. The zero-order chi connectivity index (χ0) is 12.4. The molecule has 3 unspecified atom stereocenters. The summed E-state index contributed by atoms with van der Waals surface area (Å²) in [6, 6.07) is 9.48. The average Bonchev–Trinajstić information content (AvgIpc) is 2.87. The summed E-state index contributed by atoms with van der Waals surface area (Å²) in [4.78, 5) is 0. The van der Waals surface area contributed by atoms with Gasteiger partial charge < -0.3 is 10.1 Å². The van der Waals surface area contributed by atoms with Crippen molar-refractivity contribution in [3.05, 3.63) is 35.4 Å². The average molecular weight is 245 g/mol. The summed E-state index contributed by atoms with van der Waals surface area (Å²) in [5.41, 5.74) is 3.12. The molecule has 0 radical (unpaired) electrons. The van der Waals surface area contributed by atoms with E-state index in [1.54, 1.807) is 11.1 Å². The van der Waals surface area contributed by atoms with Gasteiger partial charge in [0, 0.05) is 12.6 Å². The first-order valence-electron chi connectivity index (χ1n) is 7.23. The number of hydrogen-bond donors (Lipinski definition) is 1. The molecule has 1 heterocycles. The molecule has 3 atom stereocenters. The Labute approximate surface area is 110 Å². The van der Waals surface area contributed by atoms with Gasteiger partial charge in [0.2, 0.25) is 0 Å². The summed E-state index contributed by atoms with van der Waals surface area (Å²) in [5.74, 6) is 0.764. The topological polar surface area (TPSA) is 21.3 Å². The van der Waals surface area contributed by atoms with Gasteiger partial charge in [0.15, 0.2) is 0 Å². The molecule has 1 saturated heterocycles. The van der Waals surface area contributed by atoms with Crippen LogP contribution < -0.4 is 5.32 Å². The highest BCUT2D eigenvalue weighted by molar-refractivity contribution is 5.39. The van der Waals surface area contributed by atoms with E-state index in [-0.39, 0.29) is 0 Å². The van der Waals surface area contributed by atoms with E-state index in [2.05, 4.69) is 36.6 Å². The van der Waals surface area contributed by atoms with Gasteiger partial charge in [-0.3, -0.25) is 0 Å². The molecule has 18 heavy (non-hydrogen) atoms. The third kappa shape index (κ3) is 2.45. The number of benzene rings is 1. The zero-order valence-corrected chi connectivity index (χ0v) is 11.2. The van der Waals surface area contributed by atoms with Crippen molar-refractivity contribution < 1.29 is 4.74 Å². The first kappa shape index (κ1) is 12.2. The van der Waals surface area contributed by atoms with Crippen LogP contribution in [0.5, 0.6) is 0 Å². The minimum atomic E-state index is 0.498. The normalized spacial score (nSPS) is 27.6. The minimum Gasteiger partial charge on any atom is -0.378 e. The molecule has 1 N–H and O–H groups in total. The van der Waals surface area contributed by atoms with E-state index in [0.29, 0.717) is 12.1 Å². The minimum absolute atomic E-state index is 0.498. The predicted molar refractivity (Wildman–Crippen MR) is 73.9 cm³/mol. The molecule has 0 saturated carbocycles. The summed E-state index contributed by atoms with van der Waals surface area (Å²) in [7, 11) is 2.09. The van der Waals surface area contributed by atoms with Crippen molar-refractivity contribution in [3.8, 4) is 0 Å². The van der Waals surface area contributed by atoms with Gasteiger partial charge in [-0.2, -0.15) is 0 Å². The fourth-order valence-corrected chi connectivity index (χ4v) is 3.40. The summed E-state index contributed by atoms with van der Waals surface area (Å²) in [6.45, 7) is 0.966. The Morgan fingerprint density at radius 2 is 2.22 bits per heavy atom. The highest BCUT2D eigenvalue weighted by atomic mass is 16.5. The van der Waals surface area contributed by atoms with Gasteiger partial charge in [-0.1, -0.05) is 24.3 Å². The Morgan fingerprint density at radius 1 is 1.33 bits per heavy atom. The molecule has 0 bridgehead atoms. The SMILES string of the molecule is CNC(CC1CCCO1)CC1Cc2ccccc21. The lowest BCUT2D eigenvalue weighted by atomic mass is 9.74. The molecule has 1 aliphatic carbocycles. The van der Waals surface area contributed by atoms with Crippen molar-refractivity contribution in [1.82, 2.24) is 5.32 Å². The van der Waals surface area contributed by atoms with Gasteiger partial charge in [-0.05, 0) is 56.2 Å². The van der Waals surface area contributed by atoms with Gasteiger partial charge in [-0.25, -0.2) is 0 Å². The van der Waals surface area contributed by atoms with Crippen LogP contribution in [0, 0.1) is 0 Å². The monoisotopic (exact) mass is 245 g/mol. The van der Waals surface area contributed by atoms with Gasteiger partial charge in [0.25, 0.3) is 0 Å². The van der Waals surface area contributed by atoms with E-state index < -0.39 is 0 Å². The zero-order valence-electron chi connectivity index (χ0n) is 11.2. The van der Waals surface area contributed by atoms with Gasteiger partial charge >= 0.3 is 0 Å². The number of nitrogens with one attached hydrogen (secondary N) is 1. The fraction of sp³-hybridized carbons (Fsp3) is 0.625. The fourth-order valence-electron chi connectivity index (χ4n) is 3.40. The van der Waals surface area contributed by atoms with Crippen molar-refractivity contribution >= 4 is 0 Å². The molecule has 2 aliphatic rings. The van der Waals surface area contributed by atoms with Crippen LogP contribution in [-0.4, -0.2) is 25.8 Å². The Kier molecular flexibility index (Phi) is 3.67. The molecule has 3 rings (SSSR count). The maximum atomic E-state index is 5.75. The van der Waals surface area contributed by atoms with Crippen LogP contribution in [0.25, 0.3) is 0 Å². The molecule has 1 aliphatic heterocycles. The van der Waals surface area contributed by atoms with E-state index in [1.165, 1.54) is 32.1 Å². The number of rotatable bonds is 5. The molecule has 98 valence electrons. The van der Waals surface area contributed by atoms with Crippen LogP contribution in [0.15, 0.2) is 24.3 Å². The molecule has 1 aromatic carbocycles. The van der Waals surface area contributed by atoms with Gasteiger partial charge in [0.1, 0.15) is 0 Å². The van der Waals surface area contributed by atoms with Crippen molar-refractivity contribution in [2.45, 2.75) is 50.2 Å². The smallest absolute Gasteiger partial charge is 0.0590 e. The third-order valence-electron chi connectivity index (χ3n) is 4.51. The molecule has 1 fully saturated rings. The second kappa shape index (κ2) is 5.41. The Balaban J connectivity index is 1.55. The van der Waals surface area contributed by atoms with Gasteiger partial charge in [0.05, 0.1) is 6.10 Å². The van der Waals surface area contributed by atoms with E-state index >= 15 is 0 Å². The number of hydrogen-bond acceptors (Lipinski definition) is 2. The third-order valence-corrected chi connectivity index (χ3v) is 4.51. The standard InChI is InChI=1S/C16H23NO/c1-17-14(11-15-6-4-8-18-15)10-13-9-12-5-2-3-7-16(12)13/h2-3,5,7,13-15,17H,4,6,8-11H2,1H3. The molecular formula is C16H23NO. The Hall–Kier alpha value is -0.860. The first-order chi connectivity index (χ1) is 8.86. The van der Waals surface area contributed by atoms with Crippen molar-refractivity contribution in [2.75, 3.05) is 13.7 Å². The highest BCUT2D eigenvalue weighted by Gasteiger charge is 2.29. The van der Waals surface area contributed by atoms with Crippen LogP contribution in [-0.2, 0) is 11.2 Å². The maximum absolute atomic E-state index is 5.75. The van der Waals surface area contributed by atoms with Crippen molar-refractivity contribution in [2.24, 2.45) is 0 Å². The van der Waals surface area contributed by atoms with E-state index in [9.17, 15) is 0 Å². The highest BCUT2D eigenvalue weighted by Crippen LogP contribution is 2.38. The lowest BCUT2D eigenvalue weighted by Crippen LogP contribution is -2.33. The van der Waals surface area contributed by atoms with E-state index in [1.807, 2.05) is 0 Å². The van der Waals surface area contributed by atoms with Crippen LogP contribution >= 0.6 is 0 Å². The summed E-state index contributed by atoms with van der Waals surface area (Å²) in [5, 5.41) is 3.48. The quantitative estimate of drug-likeness (QED) is 0.861. The predicted octanol–water partition coefficient (Wildman–Crippen LogP) is 2.87. The summed E-state index contributed by atoms with van der Waals surface area (Å²) >= 11 is 0. The van der Waals surface area contributed by atoms with Crippen LogP contribution in [0.4, 0.5) is 0 Å². The van der Waals surface area contributed by atoms with Crippen LogP contribution in [0.2, 0.25) is 0 Å². The van der Waals surface area contributed by atoms with Crippen LogP contribution in [0.3, 0.4) is 0 Å². The molecular weight excluding hydrogens is 222 g/mol. The largest absolute Gasteiger partial charge is 0.378 e. The first-order valence-corrected chi connectivity index (χ1v) is 7.23. The van der Waals surface area contributed by atoms with E-state index in [4.69, 9.17) is 4.74 Å². The molecule has 0 spiro atoms. The second-order valence-electron chi connectivity index (χ2n) is 5.69. The van der Waals surface area contributed by atoms with Crippen LogP contribution in [0.1, 0.15) is 42.7 Å². The lowest BCUT2D eigenvalue weighted by molar-refractivity contribution is 0.0933. The van der Waals surface area contributed by atoms with Crippen molar-refractivity contribution in [3.63, 3.8) is 0 Å². The van der Waals surface area contributed by atoms with E-state index in [0.717, 1.165) is 12.5 Å². The summed E-state index contributed by atoms with van der Waals surface area (Å²) < 4.78 is 5.75. The lowest BCUT2D eigenvalue weighted by Gasteiger charge is -2.33. The Bertz CT molecular complexity index is 398. The number of ether oxygens (including phenoxy) is 1. The summed E-state index contributed by atoms with van der Waals surface area (Å²) in [6.07, 6.45) is 6.69. The molecule has 2 heteroatoms. The molecule has 0 aromatic heterocycles. The van der Waals surface area contributed by atoms with Gasteiger partial charge in [-0.15, -0.1) is 0 Å². The molecule has 1 aromatic rings. The van der Waals surface area contributed by atoms with Crippen molar-refractivity contribution in [1.29, 1.82) is 0 Å². The molecule has 2 nitrogen and oxygen atoms in total. The maximum Gasteiger partial charge on any atom is 0.0590 e.